The Balaban J connectivity index is 0.736. The van der Waals surface area contributed by atoms with Gasteiger partial charge in [-0.1, -0.05) is 11.6 Å². The van der Waals surface area contributed by atoms with Gasteiger partial charge in [0.2, 0.25) is 11.8 Å². The molecule has 0 aliphatic carbocycles. The summed E-state index contributed by atoms with van der Waals surface area (Å²) in [7, 11) is 0. The van der Waals surface area contributed by atoms with Crippen molar-refractivity contribution in [3.8, 4) is 6.07 Å². The number of fused-ring (bicyclic) bond motifs is 1. The highest BCUT2D eigenvalue weighted by molar-refractivity contribution is 6.32. The number of nitriles is 1. The molecule has 7 heterocycles. The molecule has 2 atom stereocenters. The lowest BCUT2D eigenvalue weighted by atomic mass is 9.77. The fourth-order valence-electron chi connectivity index (χ4n) is 10.2. The SMILES string of the molecule is C[C@H]1CC2(CCN(c3ccc(C(=O)N4CCN(C5CCN(c6ccc7c(c6)C(=O)N(C6CCC(=O)NC6=O)C7=O)CC5)CC4)nn3)CC2)CN1c1ccc(C#N)c(Cl)c1. The quantitative estimate of drug-likeness (QED) is 0.359. The Morgan fingerprint density at radius 1 is 0.831 bits per heavy atom. The van der Waals surface area contributed by atoms with Crippen LogP contribution in [0, 0.1) is 16.7 Å². The zero-order valence-electron chi connectivity index (χ0n) is 33.1. The maximum atomic E-state index is 13.5. The van der Waals surface area contributed by atoms with Crippen molar-refractivity contribution in [3.63, 3.8) is 0 Å². The van der Waals surface area contributed by atoms with Gasteiger partial charge in [-0.15, -0.1) is 10.2 Å². The number of benzene rings is 2. The zero-order chi connectivity index (χ0) is 41.0. The van der Waals surface area contributed by atoms with Crippen molar-refractivity contribution in [2.75, 3.05) is 73.6 Å². The number of amides is 5. The molecule has 0 bridgehead atoms. The molecule has 0 saturated carbocycles. The molecule has 9 rings (SSSR count). The maximum Gasteiger partial charge on any atom is 0.274 e. The van der Waals surface area contributed by atoms with E-state index in [-0.39, 0.29) is 29.7 Å². The summed E-state index contributed by atoms with van der Waals surface area (Å²) in [5, 5.41) is 20.9. The molecule has 1 unspecified atom stereocenters. The largest absolute Gasteiger partial charge is 0.371 e. The van der Waals surface area contributed by atoms with E-state index in [0.29, 0.717) is 47.0 Å². The molecule has 1 aromatic heterocycles. The van der Waals surface area contributed by atoms with Gasteiger partial charge >= 0.3 is 0 Å². The first-order valence-corrected chi connectivity index (χ1v) is 21.1. The number of hydrogen-bond acceptors (Lipinski definition) is 12. The first-order valence-electron chi connectivity index (χ1n) is 20.7. The number of carbonyl (C=O) groups excluding carboxylic acids is 5. The Labute approximate surface area is 347 Å². The standard InChI is InChI=1S/C43H47ClN10O5/c1-27-24-43(26-53(27)31-3-2-28(25-45)34(44)23-31)12-16-51(17-13-43)37-8-6-35(47-48-37)42(59)52-20-18-50(19-21-52)29-10-14-49(15-11-29)30-4-5-32-33(22-30)41(58)54(40(32)57)36-7-9-38(55)46-39(36)56/h2-6,8,22-23,27,29,36H,7,9-21,24,26H2,1H3,(H,46,55,56)/t27-,36?/m0/s1. The van der Waals surface area contributed by atoms with Crippen LogP contribution in [0.25, 0.3) is 0 Å². The van der Waals surface area contributed by atoms with Crippen molar-refractivity contribution < 1.29 is 24.0 Å². The number of anilines is 3. The van der Waals surface area contributed by atoms with E-state index in [1.807, 2.05) is 29.2 Å². The van der Waals surface area contributed by atoms with Crippen LogP contribution >= 0.6 is 11.6 Å². The second kappa shape index (κ2) is 15.5. The number of carbonyl (C=O) groups is 5. The third-order valence-electron chi connectivity index (χ3n) is 13.6. The number of halogens is 1. The zero-order valence-corrected chi connectivity index (χ0v) is 33.9. The Kier molecular flexibility index (Phi) is 10.2. The van der Waals surface area contributed by atoms with Crippen molar-refractivity contribution in [2.45, 2.75) is 70.0 Å². The van der Waals surface area contributed by atoms with Gasteiger partial charge < -0.3 is 19.6 Å². The van der Waals surface area contributed by atoms with Gasteiger partial charge in [0, 0.05) is 88.8 Å². The molecule has 5 saturated heterocycles. The summed E-state index contributed by atoms with van der Waals surface area (Å²) in [6, 6.07) is 16.6. The first kappa shape index (κ1) is 38.9. The molecule has 16 heteroatoms. The van der Waals surface area contributed by atoms with E-state index in [2.05, 4.69) is 48.1 Å². The van der Waals surface area contributed by atoms with Crippen LogP contribution in [0.1, 0.15) is 88.6 Å². The second-order valence-electron chi connectivity index (χ2n) is 16.9. The van der Waals surface area contributed by atoms with Gasteiger partial charge in [-0.3, -0.25) is 39.1 Å². The predicted octanol–water partition coefficient (Wildman–Crippen LogP) is 3.72. The smallest absolute Gasteiger partial charge is 0.274 e. The lowest BCUT2D eigenvalue weighted by Crippen LogP contribution is -2.54. The molecular formula is C43H47ClN10O5. The second-order valence-corrected chi connectivity index (χ2v) is 17.4. The third kappa shape index (κ3) is 7.26. The van der Waals surface area contributed by atoms with E-state index in [4.69, 9.17) is 11.6 Å². The molecule has 306 valence electrons. The highest BCUT2D eigenvalue weighted by atomic mass is 35.5. The lowest BCUT2D eigenvalue weighted by Gasteiger charge is -2.43. The van der Waals surface area contributed by atoms with E-state index in [0.717, 1.165) is 100 Å². The molecule has 59 heavy (non-hydrogen) atoms. The number of rotatable bonds is 6. The number of piperazine rings is 1. The average molecular weight is 819 g/mol. The molecular weight excluding hydrogens is 772 g/mol. The van der Waals surface area contributed by atoms with Crippen molar-refractivity contribution in [3.05, 3.63) is 75.9 Å². The van der Waals surface area contributed by atoms with Crippen LogP contribution in [-0.2, 0) is 9.59 Å². The average Bonchev–Trinajstić information content (AvgIpc) is 3.71. The van der Waals surface area contributed by atoms with Crippen LogP contribution in [0.4, 0.5) is 17.2 Å². The Morgan fingerprint density at radius 2 is 1.56 bits per heavy atom. The summed E-state index contributed by atoms with van der Waals surface area (Å²) in [5.74, 6) is -1.32. The van der Waals surface area contributed by atoms with E-state index < -0.39 is 29.7 Å². The lowest BCUT2D eigenvalue weighted by molar-refractivity contribution is -0.136. The van der Waals surface area contributed by atoms with E-state index in [9.17, 15) is 29.2 Å². The van der Waals surface area contributed by atoms with Crippen LogP contribution in [0.15, 0.2) is 48.5 Å². The summed E-state index contributed by atoms with van der Waals surface area (Å²) >= 11 is 6.37. The fourth-order valence-corrected chi connectivity index (χ4v) is 10.4. The number of imide groups is 2. The molecule has 0 radical (unpaired) electrons. The highest BCUT2D eigenvalue weighted by Crippen LogP contribution is 2.46. The molecule has 5 amide bonds. The van der Waals surface area contributed by atoms with Crippen molar-refractivity contribution in [2.24, 2.45) is 5.41 Å². The van der Waals surface area contributed by atoms with Crippen LogP contribution in [0.5, 0.6) is 0 Å². The van der Waals surface area contributed by atoms with Crippen molar-refractivity contribution >= 4 is 58.3 Å². The summed E-state index contributed by atoms with van der Waals surface area (Å²) < 4.78 is 0. The number of nitrogens with one attached hydrogen (secondary N) is 1. The van der Waals surface area contributed by atoms with Gasteiger partial charge in [0.25, 0.3) is 17.7 Å². The Morgan fingerprint density at radius 3 is 2.24 bits per heavy atom. The van der Waals surface area contributed by atoms with Gasteiger partial charge in [0.1, 0.15) is 12.1 Å². The highest BCUT2D eigenvalue weighted by Gasteiger charge is 2.46. The normalized spacial score (nSPS) is 23.8. The summed E-state index contributed by atoms with van der Waals surface area (Å²) in [4.78, 5) is 76.3. The Bertz CT molecular complexity index is 2240. The van der Waals surface area contributed by atoms with Gasteiger partial charge in [0.05, 0.1) is 21.7 Å². The minimum atomic E-state index is -0.985. The topological polar surface area (TPSA) is 166 Å². The van der Waals surface area contributed by atoms with E-state index in [1.165, 1.54) is 0 Å². The van der Waals surface area contributed by atoms with Gasteiger partial charge in [-0.05, 0) is 99.4 Å². The number of nitrogens with zero attached hydrogens (tertiary/aromatic N) is 9. The predicted molar refractivity (Wildman–Crippen MR) is 219 cm³/mol. The van der Waals surface area contributed by atoms with Gasteiger partial charge in [0.15, 0.2) is 11.5 Å². The van der Waals surface area contributed by atoms with Crippen LogP contribution < -0.4 is 20.0 Å². The number of piperidine rings is 3. The Hall–Kier alpha value is -5.59. The van der Waals surface area contributed by atoms with Crippen LogP contribution in [-0.4, -0.2) is 131 Å². The number of aromatic nitrogens is 2. The van der Waals surface area contributed by atoms with Gasteiger partial charge in [-0.25, -0.2) is 0 Å². The molecule has 6 aliphatic rings. The first-order chi connectivity index (χ1) is 28.5. The molecule has 6 aliphatic heterocycles. The maximum absolute atomic E-state index is 13.5. The molecule has 1 N–H and O–H groups in total. The molecule has 5 fully saturated rings. The fraction of sp³-hybridized carbons (Fsp3) is 0.488. The molecule has 1 spiro atoms. The summed E-state index contributed by atoms with van der Waals surface area (Å²) in [6.07, 6.45) is 5.23. The molecule has 2 aromatic carbocycles. The number of hydrogen-bond donors (Lipinski definition) is 1. The molecule has 3 aromatic rings. The van der Waals surface area contributed by atoms with Crippen LogP contribution in [0.3, 0.4) is 0 Å². The van der Waals surface area contributed by atoms with Gasteiger partial charge in [-0.2, -0.15) is 5.26 Å². The van der Waals surface area contributed by atoms with Crippen LogP contribution in [0.2, 0.25) is 5.02 Å². The van der Waals surface area contributed by atoms with Crippen molar-refractivity contribution in [1.29, 1.82) is 5.26 Å². The minimum absolute atomic E-state index is 0.0832. The van der Waals surface area contributed by atoms with E-state index in [1.54, 1.807) is 24.3 Å². The molecule has 15 nitrogen and oxygen atoms in total. The van der Waals surface area contributed by atoms with Crippen molar-refractivity contribution in [1.82, 2.24) is 30.2 Å². The minimum Gasteiger partial charge on any atom is -0.371 e. The monoisotopic (exact) mass is 818 g/mol. The van der Waals surface area contributed by atoms with E-state index >= 15 is 0 Å². The summed E-state index contributed by atoms with van der Waals surface area (Å²) in [5.41, 5.74) is 3.56. The summed E-state index contributed by atoms with van der Waals surface area (Å²) in [6.45, 7) is 9.31. The third-order valence-corrected chi connectivity index (χ3v) is 13.9.